The zero-order valence-electron chi connectivity index (χ0n) is 16.2. The first-order valence-electron chi connectivity index (χ1n) is 9.69. The molecule has 0 radical (unpaired) electrons. The minimum Gasteiger partial charge on any atom is -0.392 e. The van der Waals surface area contributed by atoms with Crippen molar-refractivity contribution in [2.75, 3.05) is 6.61 Å². The van der Waals surface area contributed by atoms with Crippen molar-refractivity contribution < 1.29 is 19.5 Å². The lowest BCUT2D eigenvalue weighted by molar-refractivity contribution is -0.186. The molecule has 0 aliphatic carbocycles. The van der Waals surface area contributed by atoms with Crippen LogP contribution >= 0.6 is 11.8 Å². The Morgan fingerprint density at radius 3 is 2.90 bits per heavy atom. The summed E-state index contributed by atoms with van der Waals surface area (Å²) in [5.74, 6) is -0.325. The number of carbonyl (C=O) groups is 1. The molecule has 9 heteroatoms. The first kappa shape index (κ1) is 20.5. The number of nitrogens with zero attached hydrogens (tertiary/aromatic N) is 3. The number of benzene rings is 2. The molecule has 0 bridgehead atoms. The van der Waals surface area contributed by atoms with E-state index in [1.54, 1.807) is 28.9 Å². The van der Waals surface area contributed by atoms with Crippen molar-refractivity contribution in [3.05, 3.63) is 65.9 Å². The Kier molecular flexibility index (Phi) is 6.75. The molecule has 8 nitrogen and oxygen atoms in total. The van der Waals surface area contributed by atoms with Crippen molar-refractivity contribution in [3.8, 4) is 5.69 Å². The van der Waals surface area contributed by atoms with Crippen LogP contribution in [-0.4, -0.2) is 38.9 Å². The SMILES string of the molecule is O=C(NOC1CCCCO1)c1ccc(-n2cc(Sc3cccc(CO)c3)nn2)cc1. The molecule has 4 rings (SSSR count). The molecule has 2 aromatic carbocycles. The first-order valence-corrected chi connectivity index (χ1v) is 10.5. The predicted molar refractivity (Wildman–Crippen MR) is 110 cm³/mol. The third-order valence-corrected chi connectivity index (χ3v) is 5.48. The second-order valence-electron chi connectivity index (χ2n) is 6.80. The smallest absolute Gasteiger partial charge is 0.274 e. The lowest BCUT2D eigenvalue weighted by Crippen LogP contribution is -2.33. The molecule has 0 spiro atoms. The van der Waals surface area contributed by atoms with Gasteiger partial charge in [0.1, 0.15) is 5.03 Å². The van der Waals surface area contributed by atoms with Crippen LogP contribution in [0.1, 0.15) is 35.2 Å². The maximum absolute atomic E-state index is 12.2. The molecule has 1 aromatic heterocycles. The van der Waals surface area contributed by atoms with Gasteiger partial charge in [0.25, 0.3) is 5.91 Å². The normalized spacial score (nSPS) is 16.4. The summed E-state index contributed by atoms with van der Waals surface area (Å²) in [6, 6.07) is 14.6. The molecular weight excluding hydrogens is 404 g/mol. The quantitative estimate of drug-likeness (QED) is 0.560. The molecule has 1 amide bonds. The fourth-order valence-electron chi connectivity index (χ4n) is 3.00. The summed E-state index contributed by atoms with van der Waals surface area (Å²) < 4.78 is 7.07. The van der Waals surface area contributed by atoms with Crippen LogP contribution in [0.4, 0.5) is 0 Å². The molecule has 1 unspecified atom stereocenters. The Hall–Kier alpha value is -2.72. The molecule has 0 saturated carbocycles. The third-order valence-electron chi connectivity index (χ3n) is 4.59. The average molecular weight is 426 g/mol. The predicted octanol–water partition coefficient (Wildman–Crippen LogP) is 3.10. The van der Waals surface area contributed by atoms with Crippen molar-refractivity contribution >= 4 is 17.7 Å². The van der Waals surface area contributed by atoms with Crippen LogP contribution in [0.2, 0.25) is 0 Å². The van der Waals surface area contributed by atoms with E-state index in [9.17, 15) is 9.90 Å². The van der Waals surface area contributed by atoms with Gasteiger partial charge in [0, 0.05) is 23.5 Å². The average Bonchev–Trinajstić information content (AvgIpc) is 3.27. The van der Waals surface area contributed by atoms with Gasteiger partial charge in [-0.1, -0.05) is 29.1 Å². The second-order valence-corrected chi connectivity index (χ2v) is 7.89. The molecule has 2 N–H and O–H groups in total. The number of rotatable bonds is 7. The molecule has 1 fully saturated rings. The minimum absolute atomic E-state index is 0.000261. The summed E-state index contributed by atoms with van der Waals surface area (Å²) in [4.78, 5) is 18.5. The molecule has 30 heavy (non-hydrogen) atoms. The standard InChI is InChI=1S/C21H22N4O4S/c26-14-15-4-3-5-18(12-15)30-19-13-25(24-22-19)17-9-7-16(8-10-17)21(27)23-29-20-6-1-2-11-28-20/h3-5,7-10,12-13,20,26H,1-2,6,11,14H2,(H,23,27). The van der Waals surface area contributed by atoms with E-state index in [0.29, 0.717) is 12.2 Å². The molecule has 1 aliphatic rings. The van der Waals surface area contributed by atoms with Crippen LogP contribution in [0.25, 0.3) is 5.69 Å². The van der Waals surface area contributed by atoms with E-state index >= 15 is 0 Å². The molecule has 2 heterocycles. The van der Waals surface area contributed by atoms with Crippen LogP contribution in [-0.2, 0) is 16.2 Å². The van der Waals surface area contributed by atoms with Gasteiger partial charge in [0.2, 0.25) is 0 Å². The summed E-state index contributed by atoms with van der Waals surface area (Å²) in [5.41, 5.74) is 4.56. The fraction of sp³-hybridized carbons (Fsp3) is 0.286. The van der Waals surface area contributed by atoms with Crippen molar-refractivity contribution in [3.63, 3.8) is 0 Å². The monoisotopic (exact) mass is 426 g/mol. The molecule has 156 valence electrons. The zero-order chi connectivity index (χ0) is 20.8. The Labute approximate surface area is 178 Å². The number of carbonyl (C=O) groups excluding carboxylic acids is 1. The highest BCUT2D eigenvalue weighted by molar-refractivity contribution is 7.99. The zero-order valence-corrected chi connectivity index (χ0v) is 17.0. The largest absolute Gasteiger partial charge is 0.392 e. The van der Waals surface area contributed by atoms with Crippen molar-refractivity contribution in [1.29, 1.82) is 0 Å². The molecule has 1 saturated heterocycles. The number of ether oxygens (including phenoxy) is 1. The van der Waals surface area contributed by atoms with Crippen molar-refractivity contribution in [2.45, 2.75) is 42.1 Å². The van der Waals surface area contributed by atoms with Crippen molar-refractivity contribution in [2.24, 2.45) is 0 Å². The summed E-state index contributed by atoms with van der Waals surface area (Å²) >= 11 is 1.46. The lowest BCUT2D eigenvalue weighted by atomic mass is 10.2. The Morgan fingerprint density at radius 2 is 2.13 bits per heavy atom. The van der Waals surface area contributed by atoms with Crippen LogP contribution in [0, 0.1) is 0 Å². The van der Waals surface area contributed by atoms with Gasteiger partial charge in [-0.2, -0.15) is 0 Å². The molecular formula is C21H22N4O4S. The lowest BCUT2D eigenvalue weighted by Gasteiger charge is -2.22. The van der Waals surface area contributed by atoms with Crippen LogP contribution < -0.4 is 5.48 Å². The number of hydroxylamine groups is 1. The van der Waals surface area contributed by atoms with Gasteiger partial charge in [0.15, 0.2) is 6.29 Å². The molecule has 1 atom stereocenters. The maximum Gasteiger partial charge on any atom is 0.274 e. The Balaban J connectivity index is 1.36. The van der Waals surface area contributed by atoms with E-state index in [-0.39, 0.29) is 18.8 Å². The second kappa shape index (κ2) is 9.86. The first-order chi connectivity index (χ1) is 14.7. The maximum atomic E-state index is 12.2. The van der Waals surface area contributed by atoms with E-state index in [1.807, 2.05) is 30.5 Å². The number of amides is 1. The Morgan fingerprint density at radius 1 is 1.27 bits per heavy atom. The highest BCUT2D eigenvalue weighted by Gasteiger charge is 2.16. The van der Waals surface area contributed by atoms with E-state index in [2.05, 4.69) is 15.8 Å². The number of aliphatic hydroxyl groups excluding tert-OH is 1. The van der Waals surface area contributed by atoms with Crippen LogP contribution in [0.5, 0.6) is 0 Å². The van der Waals surface area contributed by atoms with E-state index in [4.69, 9.17) is 9.57 Å². The van der Waals surface area contributed by atoms with Gasteiger partial charge in [-0.05, 0) is 54.8 Å². The van der Waals surface area contributed by atoms with Crippen LogP contribution in [0.15, 0.2) is 64.6 Å². The Bertz CT molecular complexity index is 987. The molecule has 3 aromatic rings. The van der Waals surface area contributed by atoms with Gasteiger partial charge >= 0.3 is 0 Å². The van der Waals surface area contributed by atoms with Crippen molar-refractivity contribution in [1.82, 2.24) is 20.5 Å². The van der Waals surface area contributed by atoms with Gasteiger partial charge in [-0.3, -0.25) is 4.79 Å². The number of nitrogens with one attached hydrogen (secondary N) is 1. The minimum atomic E-state index is -0.383. The topological polar surface area (TPSA) is 98.5 Å². The number of aromatic nitrogens is 3. The van der Waals surface area contributed by atoms with Gasteiger partial charge in [0.05, 0.1) is 18.5 Å². The number of hydrogen-bond acceptors (Lipinski definition) is 7. The highest BCUT2D eigenvalue weighted by atomic mass is 32.2. The van der Waals surface area contributed by atoms with Crippen LogP contribution in [0.3, 0.4) is 0 Å². The molecule has 1 aliphatic heterocycles. The summed E-state index contributed by atoms with van der Waals surface area (Å²) in [7, 11) is 0. The van der Waals surface area contributed by atoms with Gasteiger partial charge in [-0.15, -0.1) is 5.10 Å². The van der Waals surface area contributed by atoms with E-state index in [1.165, 1.54) is 11.8 Å². The van der Waals surface area contributed by atoms with E-state index in [0.717, 1.165) is 40.4 Å². The summed E-state index contributed by atoms with van der Waals surface area (Å²) in [5, 5.41) is 18.3. The van der Waals surface area contributed by atoms with Gasteiger partial charge < -0.3 is 9.84 Å². The third kappa shape index (κ3) is 5.25. The summed E-state index contributed by atoms with van der Waals surface area (Å²) in [6.07, 6.45) is 4.25. The summed E-state index contributed by atoms with van der Waals surface area (Å²) in [6.45, 7) is 0.653. The van der Waals surface area contributed by atoms with Gasteiger partial charge in [-0.25, -0.2) is 15.0 Å². The van der Waals surface area contributed by atoms with E-state index < -0.39 is 0 Å². The number of hydrogen-bond donors (Lipinski definition) is 2. The fourth-order valence-corrected chi connectivity index (χ4v) is 3.83. The highest BCUT2D eigenvalue weighted by Crippen LogP contribution is 2.27. The number of aliphatic hydroxyl groups is 1.